The van der Waals surface area contributed by atoms with Crippen molar-refractivity contribution in [3.05, 3.63) is 49.6 Å². The van der Waals surface area contributed by atoms with Crippen molar-refractivity contribution < 1.29 is 4.39 Å². The van der Waals surface area contributed by atoms with Gasteiger partial charge in [-0.1, -0.05) is 6.07 Å². The van der Waals surface area contributed by atoms with Crippen molar-refractivity contribution >= 4 is 27.3 Å². The van der Waals surface area contributed by atoms with Crippen LogP contribution in [-0.4, -0.2) is 4.98 Å². The molecule has 0 saturated heterocycles. The molecule has 0 spiro atoms. The summed E-state index contributed by atoms with van der Waals surface area (Å²) in [4.78, 5) is 5.72. The first kappa shape index (κ1) is 15.6. The van der Waals surface area contributed by atoms with Gasteiger partial charge in [0, 0.05) is 17.0 Å². The highest BCUT2D eigenvalue weighted by Gasteiger charge is 2.16. The molecular formula is C15H18BrFN2S. The number of halogens is 2. The third-order valence-electron chi connectivity index (χ3n) is 3.28. The lowest BCUT2D eigenvalue weighted by atomic mass is 10.1. The largest absolute Gasteiger partial charge is 0.303 e. The highest BCUT2D eigenvalue weighted by atomic mass is 79.9. The second-order valence-electron chi connectivity index (χ2n) is 4.97. The molecule has 0 aliphatic heterocycles. The van der Waals surface area contributed by atoms with Gasteiger partial charge in [0.1, 0.15) is 5.82 Å². The van der Waals surface area contributed by atoms with E-state index < -0.39 is 0 Å². The van der Waals surface area contributed by atoms with Crippen molar-refractivity contribution in [2.45, 2.75) is 39.8 Å². The van der Waals surface area contributed by atoms with Crippen LogP contribution in [0.2, 0.25) is 0 Å². The molecule has 20 heavy (non-hydrogen) atoms. The molecular weight excluding hydrogens is 339 g/mol. The Kier molecular flexibility index (Phi) is 4.94. The Morgan fingerprint density at radius 1 is 1.25 bits per heavy atom. The second kappa shape index (κ2) is 6.33. The smallest absolute Gasteiger partial charge is 0.137 e. The van der Waals surface area contributed by atoms with Gasteiger partial charge in [-0.3, -0.25) is 0 Å². The van der Waals surface area contributed by atoms with Gasteiger partial charge >= 0.3 is 0 Å². The fraction of sp³-hybridized carbons (Fsp3) is 0.400. The minimum Gasteiger partial charge on any atom is -0.303 e. The Morgan fingerprint density at radius 3 is 2.50 bits per heavy atom. The maximum atomic E-state index is 13.3. The molecule has 1 heterocycles. The Balaban J connectivity index is 2.12. The summed E-state index contributed by atoms with van der Waals surface area (Å²) >= 11 is 4.95. The van der Waals surface area contributed by atoms with Gasteiger partial charge in [0.2, 0.25) is 0 Å². The third kappa shape index (κ3) is 3.45. The monoisotopic (exact) mass is 356 g/mol. The van der Waals surface area contributed by atoms with Crippen LogP contribution >= 0.6 is 27.3 Å². The van der Waals surface area contributed by atoms with Crippen molar-refractivity contribution in [3.63, 3.8) is 0 Å². The van der Waals surface area contributed by atoms with E-state index in [-0.39, 0.29) is 17.9 Å². The Labute approximate surface area is 131 Å². The Bertz CT molecular complexity index is 612. The highest BCUT2D eigenvalue weighted by molar-refractivity contribution is 9.10. The maximum Gasteiger partial charge on any atom is 0.137 e. The maximum absolute atomic E-state index is 13.3. The van der Waals surface area contributed by atoms with Crippen LogP contribution in [0.1, 0.15) is 47.1 Å². The molecule has 0 amide bonds. The summed E-state index contributed by atoms with van der Waals surface area (Å²) in [6.45, 7) is 8.28. The molecule has 2 unspecified atom stereocenters. The zero-order chi connectivity index (χ0) is 14.9. The molecule has 0 aliphatic rings. The highest BCUT2D eigenvalue weighted by Crippen LogP contribution is 2.28. The molecule has 0 aliphatic carbocycles. The number of benzene rings is 1. The second-order valence-corrected chi connectivity index (χ2v) is 7.06. The summed E-state index contributed by atoms with van der Waals surface area (Å²) in [6.07, 6.45) is 0. The number of hydrogen-bond donors (Lipinski definition) is 1. The van der Waals surface area contributed by atoms with Gasteiger partial charge in [0.15, 0.2) is 0 Å². The van der Waals surface area contributed by atoms with E-state index >= 15 is 0 Å². The van der Waals surface area contributed by atoms with Crippen molar-refractivity contribution in [1.82, 2.24) is 10.3 Å². The van der Waals surface area contributed by atoms with Crippen LogP contribution in [0.3, 0.4) is 0 Å². The number of nitrogens with one attached hydrogen (secondary N) is 1. The predicted molar refractivity (Wildman–Crippen MR) is 85.7 cm³/mol. The quantitative estimate of drug-likeness (QED) is 0.826. The average Bonchev–Trinajstić information content (AvgIpc) is 2.71. The topological polar surface area (TPSA) is 24.9 Å². The molecule has 2 aromatic rings. The molecule has 2 atom stereocenters. The van der Waals surface area contributed by atoms with Crippen LogP contribution in [0.25, 0.3) is 0 Å². The number of aryl methyl sites for hydroxylation is 2. The van der Waals surface area contributed by atoms with Crippen LogP contribution in [0.4, 0.5) is 4.39 Å². The SMILES string of the molecule is Cc1nc(C)c(C(C)NC(C)c2ccc(F)c(Br)c2)s1. The van der Waals surface area contributed by atoms with Gasteiger partial charge in [-0.25, -0.2) is 9.37 Å². The summed E-state index contributed by atoms with van der Waals surface area (Å²) in [5, 5.41) is 4.63. The van der Waals surface area contributed by atoms with Gasteiger partial charge in [0.05, 0.1) is 15.2 Å². The lowest BCUT2D eigenvalue weighted by molar-refractivity contribution is 0.497. The standard InChI is InChI=1S/C15H18BrFN2S/c1-8(12-5-6-14(17)13(16)7-12)18-9(2)15-10(3)19-11(4)20-15/h5-9,18H,1-4H3. The van der Waals surface area contributed by atoms with Crippen molar-refractivity contribution in [3.8, 4) is 0 Å². The summed E-state index contributed by atoms with van der Waals surface area (Å²) in [5.74, 6) is -0.233. The van der Waals surface area contributed by atoms with Crippen LogP contribution < -0.4 is 5.32 Å². The van der Waals surface area contributed by atoms with Crippen molar-refractivity contribution in [1.29, 1.82) is 0 Å². The van der Waals surface area contributed by atoms with Crippen molar-refractivity contribution in [2.24, 2.45) is 0 Å². The zero-order valence-electron chi connectivity index (χ0n) is 12.0. The average molecular weight is 357 g/mol. The van der Waals surface area contributed by atoms with E-state index in [0.717, 1.165) is 16.3 Å². The van der Waals surface area contributed by atoms with Crippen LogP contribution in [0.5, 0.6) is 0 Å². The van der Waals surface area contributed by atoms with Gasteiger partial charge < -0.3 is 5.32 Å². The van der Waals surface area contributed by atoms with E-state index in [4.69, 9.17) is 0 Å². The summed E-state index contributed by atoms with van der Waals surface area (Å²) in [5.41, 5.74) is 2.14. The van der Waals surface area contributed by atoms with E-state index in [1.165, 1.54) is 10.9 Å². The normalized spacial score (nSPS) is 14.3. The van der Waals surface area contributed by atoms with Gasteiger partial charge in [-0.05, 0) is 61.3 Å². The first-order valence-electron chi connectivity index (χ1n) is 6.53. The summed E-state index contributed by atoms with van der Waals surface area (Å²) < 4.78 is 13.8. The molecule has 1 N–H and O–H groups in total. The van der Waals surface area contributed by atoms with Crippen LogP contribution in [-0.2, 0) is 0 Å². The third-order valence-corrected chi connectivity index (χ3v) is 5.14. The first-order valence-corrected chi connectivity index (χ1v) is 8.14. The van der Waals surface area contributed by atoms with E-state index in [9.17, 15) is 4.39 Å². The van der Waals surface area contributed by atoms with Gasteiger partial charge in [-0.2, -0.15) is 0 Å². The summed E-state index contributed by atoms with van der Waals surface area (Å²) in [6, 6.07) is 5.49. The molecule has 0 fully saturated rings. The zero-order valence-corrected chi connectivity index (χ0v) is 14.4. The van der Waals surface area contributed by atoms with E-state index in [1.807, 2.05) is 26.0 Å². The van der Waals surface area contributed by atoms with Crippen LogP contribution in [0.15, 0.2) is 22.7 Å². The molecule has 108 valence electrons. The van der Waals surface area contributed by atoms with E-state index in [0.29, 0.717) is 4.47 Å². The number of rotatable bonds is 4. The van der Waals surface area contributed by atoms with Gasteiger partial charge in [0.25, 0.3) is 0 Å². The van der Waals surface area contributed by atoms with E-state index in [2.05, 4.69) is 40.1 Å². The fourth-order valence-corrected chi connectivity index (χ4v) is 3.61. The number of aromatic nitrogens is 1. The lowest BCUT2D eigenvalue weighted by Crippen LogP contribution is -2.22. The first-order chi connectivity index (χ1) is 9.38. The molecule has 2 rings (SSSR count). The summed E-state index contributed by atoms with van der Waals surface area (Å²) in [7, 11) is 0. The minimum absolute atomic E-state index is 0.142. The Morgan fingerprint density at radius 2 is 1.95 bits per heavy atom. The van der Waals surface area contributed by atoms with E-state index in [1.54, 1.807) is 11.3 Å². The van der Waals surface area contributed by atoms with Crippen LogP contribution in [0, 0.1) is 19.7 Å². The van der Waals surface area contributed by atoms with Gasteiger partial charge in [-0.15, -0.1) is 11.3 Å². The minimum atomic E-state index is -0.233. The number of nitrogens with zero attached hydrogens (tertiary/aromatic N) is 1. The predicted octanol–water partition coefficient (Wildman–Crippen LogP) is 5.07. The molecule has 5 heteroatoms. The molecule has 0 saturated carbocycles. The van der Waals surface area contributed by atoms with Crippen molar-refractivity contribution in [2.75, 3.05) is 0 Å². The lowest BCUT2D eigenvalue weighted by Gasteiger charge is -2.20. The number of thiazole rings is 1. The molecule has 0 bridgehead atoms. The molecule has 1 aromatic heterocycles. The molecule has 0 radical (unpaired) electrons. The molecule has 2 nitrogen and oxygen atoms in total. The fourth-order valence-electron chi connectivity index (χ4n) is 2.28. The Hall–Kier alpha value is -0.780. The molecule has 1 aromatic carbocycles. The number of hydrogen-bond acceptors (Lipinski definition) is 3.